The first-order chi connectivity index (χ1) is 37.9. The summed E-state index contributed by atoms with van der Waals surface area (Å²) >= 11 is 0. The lowest BCUT2D eigenvalue weighted by molar-refractivity contribution is -0.134. The topological polar surface area (TPSA) is 295 Å². The molecule has 0 aliphatic rings. The molecule has 6 rings (SSSR count). The van der Waals surface area contributed by atoms with Gasteiger partial charge in [-0.25, -0.2) is 0 Å². The molecule has 15 N–H and O–H groups in total. The minimum absolute atomic E-state index is 0. The summed E-state index contributed by atoms with van der Waals surface area (Å²) in [6.07, 6.45) is 3.53. The van der Waals surface area contributed by atoms with E-state index in [0.29, 0.717) is 75.2 Å². The van der Waals surface area contributed by atoms with E-state index in [4.69, 9.17) is 34.4 Å². The smallest absolute Gasteiger partial charge is 0.252 e. The van der Waals surface area contributed by atoms with Crippen molar-refractivity contribution in [3.8, 4) is 0 Å². The van der Waals surface area contributed by atoms with E-state index in [2.05, 4.69) is 16.0 Å². The highest BCUT2D eigenvalue weighted by atomic mass is 35.5. The minimum atomic E-state index is -1.82. The Bertz CT molecular complexity index is 2740. The summed E-state index contributed by atoms with van der Waals surface area (Å²) in [6.45, 7) is 6.90. The largest absolute Gasteiger partial charge is 0.330 e. The van der Waals surface area contributed by atoms with Crippen molar-refractivity contribution in [2.75, 3.05) is 35.6 Å². The molecule has 0 aliphatic carbocycles. The predicted molar refractivity (Wildman–Crippen MR) is 323 cm³/mol. The summed E-state index contributed by atoms with van der Waals surface area (Å²) in [7, 11) is 0. The zero-order valence-corrected chi connectivity index (χ0v) is 47.2. The maximum Gasteiger partial charge on any atom is 0.252 e. The van der Waals surface area contributed by atoms with Crippen LogP contribution in [0.1, 0.15) is 114 Å². The van der Waals surface area contributed by atoms with Crippen LogP contribution < -0.4 is 50.4 Å². The standard InChI is InChI=1S/C64H79N9O6.ClH/c1-43-16-4-7-19-49(43)40-55(74)62(68,34-10-13-37-65)59(77)71-52-28-22-46(23-29-52)58(47-24-30-53(31-25-47)72-60(78)63(69,35-11-14-38-66)56(75)41-50-20-8-5-17-44(50)2)48-26-32-54(33-27-48)73-61(79)64(70,36-12-15-39-67)57(76)42-51-21-9-6-18-45(51)3;/h4-9,16-33,58H,10-15,34-42,65-70H2,1-3H3,(H,71,77)(H,72,78)(H,73,79);1H/t62-,63-,64-;/m1./s1. The fourth-order valence-electron chi connectivity index (χ4n) is 9.78. The second kappa shape index (κ2) is 29.8. The molecule has 15 nitrogen and oxygen atoms in total. The van der Waals surface area contributed by atoms with E-state index in [1.54, 1.807) is 36.4 Å². The molecule has 6 aromatic rings. The lowest BCUT2D eigenvalue weighted by atomic mass is 9.83. The molecule has 0 bridgehead atoms. The van der Waals surface area contributed by atoms with Gasteiger partial charge in [-0.15, -0.1) is 12.4 Å². The van der Waals surface area contributed by atoms with Gasteiger partial charge < -0.3 is 50.4 Å². The van der Waals surface area contributed by atoms with Crippen LogP contribution in [-0.4, -0.2) is 71.3 Å². The van der Waals surface area contributed by atoms with Gasteiger partial charge in [0.2, 0.25) is 0 Å². The lowest BCUT2D eigenvalue weighted by Gasteiger charge is -2.28. The SMILES string of the molecule is Cc1ccccc1CC(=O)[C@](N)(CCCCN)C(=O)Nc1ccc(C(c2ccc(NC(=O)[C@@](N)(CCCCN)C(=O)Cc3ccccc3C)cc2)c2ccc(NC(=O)[C@@](N)(CCCCN)C(=O)Cc3ccccc3C)cc2)cc1.Cl. The van der Waals surface area contributed by atoms with Crippen LogP contribution in [0.4, 0.5) is 17.1 Å². The average Bonchev–Trinajstić information content (AvgIpc) is 3.49. The first-order valence-electron chi connectivity index (χ1n) is 27.3. The number of Topliss-reactive ketones (excluding diaryl/α,β-unsaturated/α-hetero) is 3. The predicted octanol–water partition coefficient (Wildman–Crippen LogP) is 7.94. The van der Waals surface area contributed by atoms with Gasteiger partial charge in [0, 0.05) is 42.2 Å². The van der Waals surface area contributed by atoms with Gasteiger partial charge in [0.25, 0.3) is 17.7 Å². The molecule has 0 radical (unpaired) electrons. The fourth-order valence-corrected chi connectivity index (χ4v) is 9.78. The Morgan fingerprint density at radius 2 is 0.613 bits per heavy atom. The molecule has 0 fully saturated rings. The number of anilines is 3. The summed E-state index contributed by atoms with van der Waals surface area (Å²) in [4.78, 5) is 84.2. The number of nitrogens with one attached hydrogen (secondary N) is 3. The van der Waals surface area contributed by atoms with E-state index in [1.165, 1.54) is 0 Å². The molecule has 0 saturated carbocycles. The summed E-state index contributed by atoms with van der Waals surface area (Å²) in [5.41, 5.74) is 41.1. The van der Waals surface area contributed by atoms with Crippen molar-refractivity contribution in [2.24, 2.45) is 34.4 Å². The molecule has 3 amide bonds. The van der Waals surface area contributed by atoms with E-state index in [0.717, 1.165) is 50.1 Å². The molecule has 16 heteroatoms. The van der Waals surface area contributed by atoms with Crippen molar-refractivity contribution in [2.45, 2.75) is 120 Å². The van der Waals surface area contributed by atoms with Crippen LogP contribution in [0.3, 0.4) is 0 Å². The second-order valence-corrected chi connectivity index (χ2v) is 20.9. The summed E-state index contributed by atoms with van der Waals surface area (Å²) in [5.74, 6) is -3.54. The number of nitrogens with two attached hydrogens (primary N) is 6. The van der Waals surface area contributed by atoms with Gasteiger partial charge in [-0.3, -0.25) is 28.8 Å². The van der Waals surface area contributed by atoms with E-state index in [9.17, 15) is 28.8 Å². The number of unbranched alkanes of at least 4 members (excludes halogenated alkanes) is 3. The van der Waals surface area contributed by atoms with Gasteiger partial charge >= 0.3 is 0 Å². The van der Waals surface area contributed by atoms with Gasteiger partial charge in [0.15, 0.2) is 34.0 Å². The lowest BCUT2D eigenvalue weighted by Crippen LogP contribution is -2.58. The average molecular weight is 1110 g/mol. The normalized spacial score (nSPS) is 13.4. The number of hydrogen-bond acceptors (Lipinski definition) is 12. The molecule has 0 unspecified atom stereocenters. The Kier molecular flexibility index (Phi) is 23.7. The third-order valence-corrected chi connectivity index (χ3v) is 15.1. The number of carbonyl (C=O) groups is 6. The van der Waals surface area contributed by atoms with Gasteiger partial charge in [-0.1, -0.05) is 109 Å². The number of benzene rings is 6. The minimum Gasteiger partial charge on any atom is -0.330 e. The quantitative estimate of drug-likeness (QED) is 0.0118. The zero-order valence-electron chi connectivity index (χ0n) is 46.4. The van der Waals surface area contributed by atoms with Gasteiger partial charge in [0.05, 0.1) is 0 Å². The molecule has 0 saturated heterocycles. The van der Waals surface area contributed by atoms with Crippen molar-refractivity contribution in [1.82, 2.24) is 0 Å². The van der Waals surface area contributed by atoms with Crippen LogP contribution in [-0.2, 0) is 48.0 Å². The number of aryl methyl sites for hydroxylation is 3. The highest BCUT2D eigenvalue weighted by molar-refractivity contribution is 6.17. The fraction of sp³-hybridized carbons (Fsp3) is 0.344. The highest BCUT2D eigenvalue weighted by Gasteiger charge is 2.43. The summed E-state index contributed by atoms with van der Waals surface area (Å²) in [5, 5.41) is 8.74. The van der Waals surface area contributed by atoms with Crippen LogP contribution in [0.25, 0.3) is 0 Å². The third kappa shape index (κ3) is 16.2. The van der Waals surface area contributed by atoms with Crippen molar-refractivity contribution in [3.63, 3.8) is 0 Å². The molecule has 0 heterocycles. The van der Waals surface area contributed by atoms with E-state index in [-0.39, 0.29) is 50.9 Å². The monoisotopic (exact) mass is 1110 g/mol. The Morgan fingerprint density at radius 1 is 0.375 bits per heavy atom. The molecule has 3 atom stereocenters. The van der Waals surface area contributed by atoms with E-state index < -0.39 is 57.6 Å². The molecule has 80 heavy (non-hydrogen) atoms. The van der Waals surface area contributed by atoms with E-state index in [1.807, 2.05) is 130 Å². The third-order valence-electron chi connectivity index (χ3n) is 15.1. The number of rotatable bonds is 30. The van der Waals surface area contributed by atoms with Gasteiger partial charge in [-0.05, 0) is 185 Å². The Hall–Kier alpha value is -7.21. The van der Waals surface area contributed by atoms with Crippen molar-refractivity contribution < 1.29 is 28.8 Å². The second-order valence-electron chi connectivity index (χ2n) is 20.9. The zero-order chi connectivity index (χ0) is 57.2. The van der Waals surface area contributed by atoms with Crippen molar-refractivity contribution in [3.05, 3.63) is 196 Å². The number of halogens is 1. The molecule has 6 aromatic carbocycles. The van der Waals surface area contributed by atoms with Crippen molar-refractivity contribution in [1.29, 1.82) is 0 Å². The van der Waals surface area contributed by atoms with Crippen molar-refractivity contribution >= 4 is 64.5 Å². The number of ketones is 3. The van der Waals surface area contributed by atoms with Crippen LogP contribution in [0.2, 0.25) is 0 Å². The Morgan fingerprint density at radius 3 is 0.838 bits per heavy atom. The number of carbonyl (C=O) groups excluding carboxylic acids is 6. The van der Waals surface area contributed by atoms with Crippen LogP contribution in [0.5, 0.6) is 0 Å². The molecular formula is C64H80ClN9O6. The molecule has 0 aromatic heterocycles. The van der Waals surface area contributed by atoms with Gasteiger partial charge in [0.1, 0.15) is 0 Å². The first-order valence-corrected chi connectivity index (χ1v) is 27.3. The molecule has 424 valence electrons. The summed E-state index contributed by atoms with van der Waals surface area (Å²) in [6, 6.07) is 44.2. The highest BCUT2D eigenvalue weighted by Crippen LogP contribution is 2.35. The molecular weight excluding hydrogens is 1030 g/mol. The number of hydrogen-bond donors (Lipinski definition) is 9. The Balaban J connectivity index is 0.0000118. The Labute approximate surface area is 477 Å². The summed E-state index contributed by atoms with van der Waals surface area (Å²) < 4.78 is 0. The van der Waals surface area contributed by atoms with Crippen LogP contribution in [0.15, 0.2) is 146 Å². The number of amides is 3. The molecule has 0 aliphatic heterocycles. The molecule has 0 spiro atoms. The van der Waals surface area contributed by atoms with Crippen LogP contribution in [0, 0.1) is 20.8 Å². The van der Waals surface area contributed by atoms with Crippen LogP contribution >= 0.6 is 12.4 Å². The van der Waals surface area contributed by atoms with E-state index >= 15 is 0 Å². The maximum absolute atomic E-state index is 14.1. The first kappa shape index (κ1) is 63.6. The van der Waals surface area contributed by atoms with Gasteiger partial charge in [-0.2, -0.15) is 0 Å². The maximum atomic E-state index is 14.1.